The average molecular weight is 441 g/mol. The molecule has 2 heterocycles. The summed E-state index contributed by atoms with van der Waals surface area (Å²) < 4.78 is 14.9. The van der Waals surface area contributed by atoms with Crippen molar-refractivity contribution in [2.24, 2.45) is 0 Å². The molecule has 2 aromatic carbocycles. The Balaban J connectivity index is 1.50. The van der Waals surface area contributed by atoms with Gasteiger partial charge in [-0.1, -0.05) is 47.6 Å². The van der Waals surface area contributed by atoms with Crippen LogP contribution >= 0.6 is 23.4 Å². The summed E-state index contributed by atoms with van der Waals surface area (Å²) in [6.07, 6.45) is 2.17. The van der Waals surface area contributed by atoms with Crippen molar-refractivity contribution in [3.05, 3.63) is 81.8 Å². The molecule has 5 nitrogen and oxygen atoms in total. The van der Waals surface area contributed by atoms with Gasteiger partial charge in [0.1, 0.15) is 11.9 Å². The number of hydrogen-bond donors (Lipinski definition) is 1. The lowest BCUT2D eigenvalue weighted by Gasteiger charge is -2.32. The highest BCUT2D eigenvalue weighted by Crippen LogP contribution is 2.41. The molecule has 0 unspecified atom stereocenters. The Labute approximate surface area is 182 Å². The molecule has 0 fully saturated rings. The molecule has 0 saturated heterocycles. The minimum absolute atomic E-state index is 0.135. The second-order valence-electron chi connectivity index (χ2n) is 7.33. The predicted octanol–water partition coefficient (Wildman–Crippen LogP) is 5.38. The Hall–Kier alpha value is -2.64. The molecule has 0 amide bonds. The lowest BCUT2D eigenvalue weighted by atomic mass is 9.85. The van der Waals surface area contributed by atoms with Crippen LogP contribution < -0.4 is 5.32 Å². The van der Waals surface area contributed by atoms with Gasteiger partial charge in [0.25, 0.3) is 0 Å². The quantitative estimate of drug-likeness (QED) is 0.551. The Morgan fingerprint density at radius 1 is 1.20 bits per heavy atom. The first-order valence-corrected chi connectivity index (χ1v) is 11.1. The van der Waals surface area contributed by atoms with Gasteiger partial charge >= 0.3 is 0 Å². The maximum absolute atomic E-state index is 13.1. The first kappa shape index (κ1) is 19.3. The molecule has 0 saturated carbocycles. The fourth-order valence-corrected chi connectivity index (χ4v) is 4.89. The summed E-state index contributed by atoms with van der Waals surface area (Å²) in [7, 11) is 0. The van der Waals surface area contributed by atoms with Gasteiger partial charge in [0.15, 0.2) is 5.78 Å². The van der Waals surface area contributed by atoms with Crippen LogP contribution in [0, 0.1) is 5.82 Å². The molecular formula is C22H18ClFN4OS. The van der Waals surface area contributed by atoms with E-state index in [2.05, 4.69) is 10.3 Å². The monoisotopic (exact) mass is 440 g/mol. The number of hydrogen-bond acceptors (Lipinski definition) is 5. The summed E-state index contributed by atoms with van der Waals surface area (Å²) >= 11 is 7.72. The first-order chi connectivity index (χ1) is 14.6. The number of anilines is 1. The molecule has 8 heteroatoms. The molecule has 0 spiro atoms. The fourth-order valence-electron chi connectivity index (χ4n) is 3.91. The number of halogens is 2. The van der Waals surface area contributed by atoms with Crippen LogP contribution in [-0.4, -0.2) is 20.5 Å². The molecule has 0 bridgehead atoms. The first-order valence-electron chi connectivity index (χ1n) is 9.71. The second kappa shape index (κ2) is 7.89. The molecule has 1 atom stereocenters. The van der Waals surface area contributed by atoms with Crippen molar-refractivity contribution in [3.8, 4) is 0 Å². The third kappa shape index (κ3) is 3.63. The Morgan fingerprint density at radius 2 is 2.03 bits per heavy atom. The maximum atomic E-state index is 13.1. The van der Waals surface area contributed by atoms with Gasteiger partial charge in [0.05, 0.1) is 0 Å². The zero-order chi connectivity index (χ0) is 20.7. The number of Topliss-reactive ketones (excluding diaryl/α,β-unsaturated/α-hetero) is 1. The molecule has 2 aliphatic rings. The van der Waals surface area contributed by atoms with E-state index >= 15 is 0 Å². The highest BCUT2D eigenvalue weighted by Gasteiger charge is 2.36. The molecule has 1 aromatic heterocycles. The van der Waals surface area contributed by atoms with Crippen LogP contribution in [0.15, 0.2) is 65.0 Å². The predicted molar refractivity (Wildman–Crippen MR) is 115 cm³/mol. The lowest BCUT2D eigenvalue weighted by molar-refractivity contribution is -0.116. The van der Waals surface area contributed by atoms with Crippen LogP contribution in [0.1, 0.15) is 36.4 Å². The summed E-state index contributed by atoms with van der Waals surface area (Å²) in [5.41, 5.74) is 3.57. The van der Waals surface area contributed by atoms with E-state index in [-0.39, 0.29) is 17.6 Å². The van der Waals surface area contributed by atoms with E-state index in [0.29, 0.717) is 28.3 Å². The molecule has 1 aliphatic heterocycles. The second-order valence-corrected chi connectivity index (χ2v) is 8.71. The third-order valence-electron chi connectivity index (χ3n) is 5.29. The number of carbonyl (C=O) groups excluding carboxylic acids is 1. The van der Waals surface area contributed by atoms with E-state index in [9.17, 15) is 9.18 Å². The van der Waals surface area contributed by atoms with Crippen LogP contribution in [0.3, 0.4) is 0 Å². The molecule has 1 aliphatic carbocycles. The minimum Gasteiger partial charge on any atom is -0.328 e. The van der Waals surface area contributed by atoms with Crippen LogP contribution in [0.5, 0.6) is 0 Å². The molecule has 1 N–H and O–H groups in total. The van der Waals surface area contributed by atoms with Crippen molar-refractivity contribution in [3.63, 3.8) is 0 Å². The summed E-state index contributed by atoms with van der Waals surface area (Å²) in [6, 6.07) is 13.6. The zero-order valence-electron chi connectivity index (χ0n) is 15.9. The summed E-state index contributed by atoms with van der Waals surface area (Å²) in [6.45, 7) is 0. The Kier molecular flexibility index (Phi) is 5.08. The number of rotatable bonds is 4. The zero-order valence-corrected chi connectivity index (χ0v) is 17.5. The van der Waals surface area contributed by atoms with E-state index in [1.807, 2.05) is 24.3 Å². The smallest absolute Gasteiger partial charge is 0.227 e. The SMILES string of the molecule is O=C1CCCC2=C1[C@H](c1cccc(Cl)c1)n1nc(SCc3ccc(F)cc3)nc1N2. The van der Waals surface area contributed by atoms with Crippen LogP contribution in [0.4, 0.5) is 10.3 Å². The van der Waals surface area contributed by atoms with E-state index in [1.165, 1.54) is 23.9 Å². The van der Waals surface area contributed by atoms with E-state index < -0.39 is 0 Å². The third-order valence-corrected chi connectivity index (χ3v) is 6.44. The lowest BCUT2D eigenvalue weighted by Crippen LogP contribution is -2.31. The van der Waals surface area contributed by atoms with Gasteiger partial charge in [-0.3, -0.25) is 4.79 Å². The number of allylic oxidation sites excluding steroid dienone is 2. The fraction of sp³-hybridized carbons (Fsp3) is 0.227. The highest BCUT2D eigenvalue weighted by molar-refractivity contribution is 7.98. The van der Waals surface area contributed by atoms with Crippen molar-refractivity contribution >= 4 is 35.1 Å². The van der Waals surface area contributed by atoms with Gasteiger partial charge < -0.3 is 5.32 Å². The van der Waals surface area contributed by atoms with Gasteiger partial charge in [0.2, 0.25) is 11.1 Å². The molecular weight excluding hydrogens is 423 g/mol. The maximum Gasteiger partial charge on any atom is 0.227 e. The van der Waals surface area contributed by atoms with E-state index in [1.54, 1.807) is 16.8 Å². The van der Waals surface area contributed by atoms with Crippen LogP contribution in [0.2, 0.25) is 5.02 Å². The minimum atomic E-state index is -0.351. The number of ketones is 1. The number of thioether (sulfide) groups is 1. The van der Waals surface area contributed by atoms with Crippen LogP contribution in [-0.2, 0) is 10.5 Å². The molecule has 30 heavy (non-hydrogen) atoms. The van der Waals surface area contributed by atoms with Crippen molar-refractivity contribution in [1.82, 2.24) is 14.8 Å². The van der Waals surface area contributed by atoms with E-state index in [4.69, 9.17) is 16.7 Å². The molecule has 3 aromatic rings. The van der Waals surface area contributed by atoms with Crippen molar-refractivity contribution < 1.29 is 9.18 Å². The van der Waals surface area contributed by atoms with Gasteiger partial charge in [-0.25, -0.2) is 9.07 Å². The average Bonchev–Trinajstić information content (AvgIpc) is 3.14. The van der Waals surface area contributed by atoms with Crippen molar-refractivity contribution in [2.75, 3.05) is 5.32 Å². The molecule has 5 rings (SSSR count). The summed E-state index contributed by atoms with van der Waals surface area (Å²) in [5.74, 6) is 1.12. The number of nitrogens with zero attached hydrogens (tertiary/aromatic N) is 3. The number of aromatic nitrogens is 3. The standard InChI is InChI=1S/C22H18ClFN4OS/c23-15-4-1-3-14(11-15)20-19-17(5-2-6-18(19)29)25-21-26-22(27-28(20)21)30-12-13-7-9-16(24)10-8-13/h1,3-4,7-11,20H,2,5-6,12H2,(H,25,26,27)/t20-/m0/s1. The number of carbonyl (C=O) groups is 1. The Bertz CT molecular complexity index is 1160. The molecule has 0 radical (unpaired) electrons. The largest absolute Gasteiger partial charge is 0.328 e. The van der Waals surface area contributed by atoms with Crippen LogP contribution in [0.25, 0.3) is 0 Å². The van der Waals surface area contributed by atoms with E-state index in [0.717, 1.165) is 35.2 Å². The van der Waals surface area contributed by atoms with Crippen molar-refractivity contribution in [2.45, 2.75) is 36.2 Å². The number of benzene rings is 2. The highest BCUT2D eigenvalue weighted by atomic mass is 35.5. The molecule has 152 valence electrons. The van der Waals surface area contributed by atoms with Gasteiger partial charge in [0, 0.05) is 28.5 Å². The topological polar surface area (TPSA) is 59.8 Å². The van der Waals surface area contributed by atoms with Gasteiger partial charge in [-0.15, -0.1) is 5.10 Å². The summed E-state index contributed by atoms with van der Waals surface area (Å²) in [4.78, 5) is 17.5. The number of nitrogens with one attached hydrogen (secondary N) is 1. The van der Waals surface area contributed by atoms with Gasteiger partial charge in [-0.2, -0.15) is 4.98 Å². The Morgan fingerprint density at radius 3 is 2.83 bits per heavy atom. The van der Waals surface area contributed by atoms with Crippen molar-refractivity contribution in [1.29, 1.82) is 0 Å². The normalized spacial score (nSPS) is 18.1. The number of fused-ring (bicyclic) bond motifs is 1. The summed E-state index contributed by atoms with van der Waals surface area (Å²) in [5, 5.41) is 9.23. The van der Waals surface area contributed by atoms with Gasteiger partial charge in [-0.05, 0) is 48.2 Å².